The lowest BCUT2D eigenvalue weighted by Gasteiger charge is -2.16. The maximum atomic E-state index is 6.03. The minimum atomic E-state index is 0.376. The molecule has 0 aliphatic rings. The monoisotopic (exact) mass is 273 g/mol. The van der Waals surface area contributed by atoms with Gasteiger partial charge in [0.2, 0.25) is 0 Å². The average Bonchev–Trinajstić information content (AvgIpc) is 2.81. The summed E-state index contributed by atoms with van der Waals surface area (Å²) in [5, 5.41) is 7.26. The first-order valence-electron chi connectivity index (χ1n) is 7.11. The van der Waals surface area contributed by atoms with Crippen molar-refractivity contribution >= 4 is 5.82 Å². The van der Waals surface area contributed by atoms with E-state index < -0.39 is 0 Å². The first-order valence-corrected chi connectivity index (χ1v) is 7.11. The Bertz CT molecular complexity index is 558. The minimum absolute atomic E-state index is 0.376. The molecule has 1 aromatic heterocycles. The quantitative estimate of drug-likeness (QED) is 0.870. The number of nitrogen functional groups attached to an aromatic ring is 1. The summed E-state index contributed by atoms with van der Waals surface area (Å²) >= 11 is 0. The van der Waals surface area contributed by atoms with Gasteiger partial charge in [0, 0.05) is 17.2 Å². The highest BCUT2D eigenvalue weighted by Gasteiger charge is 2.20. The number of ether oxygens (including phenoxy) is 1. The van der Waals surface area contributed by atoms with Gasteiger partial charge in [0.25, 0.3) is 0 Å². The maximum Gasteiger partial charge on any atom is 0.153 e. The summed E-state index contributed by atoms with van der Waals surface area (Å²) in [5.74, 6) is 2.33. The Balaban J connectivity index is 2.39. The van der Waals surface area contributed by atoms with Gasteiger partial charge in [-0.2, -0.15) is 5.10 Å². The number of aromatic amines is 1. The fraction of sp³-hybridized carbons (Fsp3) is 0.438. The van der Waals surface area contributed by atoms with Crippen molar-refractivity contribution in [2.75, 3.05) is 12.3 Å². The van der Waals surface area contributed by atoms with Gasteiger partial charge in [0.1, 0.15) is 5.75 Å². The van der Waals surface area contributed by atoms with Gasteiger partial charge in [0.15, 0.2) is 5.82 Å². The van der Waals surface area contributed by atoms with Gasteiger partial charge in [-0.05, 0) is 30.5 Å². The van der Waals surface area contributed by atoms with Crippen LogP contribution in [0.15, 0.2) is 24.3 Å². The molecule has 1 heterocycles. The van der Waals surface area contributed by atoms with E-state index in [1.807, 2.05) is 31.2 Å². The fourth-order valence-electron chi connectivity index (χ4n) is 2.22. The molecule has 0 radical (unpaired) electrons. The van der Waals surface area contributed by atoms with Crippen molar-refractivity contribution in [1.82, 2.24) is 10.2 Å². The highest BCUT2D eigenvalue weighted by molar-refractivity contribution is 5.77. The molecule has 0 aliphatic heterocycles. The molecule has 0 bridgehead atoms. The van der Waals surface area contributed by atoms with Crippen molar-refractivity contribution in [3.8, 4) is 16.9 Å². The molecule has 0 aliphatic carbocycles. The summed E-state index contributed by atoms with van der Waals surface area (Å²) in [6, 6.07) is 8.00. The van der Waals surface area contributed by atoms with Crippen molar-refractivity contribution in [3.05, 3.63) is 30.0 Å². The molecule has 108 valence electrons. The van der Waals surface area contributed by atoms with Crippen LogP contribution in [0.1, 0.15) is 39.3 Å². The van der Waals surface area contributed by atoms with Crippen LogP contribution in [-0.4, -0.2) is 16.8 Å². The van der Waals surface area contributed by atoms with E-state index in [9.17, 15) is 0 Å². The lowest BCUT2D eigenvalue weighted by Crippen LogP contribution is -2.04. The lowest BCUT2D eigenvalue weighted by atomic mass is 9.90. The Morgan fingerprint density at radius 3 is 2.40 bits per heavy atom. The molecule has 1 atom stereocenters. The zero-order valence-corrected chi connectivity index (χ0v) is 12.6. The van der Waals surface area contributed by atoms with Crippen LogP contribution in [-0.2, 0) is 0 Å². The van der Waals surface area contributed by atoms with Crippen molar-refractivity contribution < 1.29 is 4.74 Å². The molecule has 0 spiro atoms. The molecule has 20 heavy (non-hydrogen) atoms. The predicted octanol–water partition coefficient (Wildman–Crippen LogP) is 3.82. The van der Waals surface area contributed by atoms with Gasteiger partial charge < -0.3 is 10.5 Å². The van der Waals surface area contributed by atoms with Crippen molar-refractivity contribution in [1.29, 1.82) is 0 Å². The lowest BCUT2D eigenvalue weighted by molar-refractivity contribution is 0.340. The zero-order valence-electron chi connectivity index (χ0n) is 12.6. The molecular weight excluding hydrogens is 250 g/mol. The second-order valence-electron chi connectivity index (χ2n) is 5.39. The minimum Gasteiger partial charge on any atom is -0.494 e. The highest BCUT2D eigenvalue weighted by atomic mass is 16.5. The van der Waals surface area contributed by atoms with Crippen LogP contribution in [0.3, 0.4) is 0 Å². The third-order valence-corrected chi connectivity index (χ3v) is 3.73. The number of nitrogens with one attached hydrogen (secondary N) is 1. The molecule has 2 rings (SSSR count). The third kappa shape index (κ3) is 2.79. The van der Waals surface area contributed by atoms with Gasteiger partial charge >= 0.3 is 0 Å². The molecular formula is C16H23N3O. The molecule has 0 saturated heterocycles. The van der Waals surface area contributed by atoms with E-state index >= 15 is 0 Å². The van der Waals surface area contributed by atoms with E-state index in [1.54, 1.807) is 0 Å². The van der Waals surface area contributed by atoms with Crippen LogP contribution in [0.2, 0.25) is 0 Å². The summed E-state index contributed by atoms with van der Waals surface area (Å²) in [6.07, 6.45) is 0. The smallest absolute Gasteiger partial charge is 0.153 e. The molecule has 2 aromatic rings. The van der Waals surface area contributed by atoms with E-state index in [1.165, 1.54) is 0 Å². The summed E-state index contributed by atoms with van der Waals surface area (Å²) in [5.41, 5.74) is 9.21. The number of aromatic nitrogens is 2. The number of rotatable bonds is 5. The molecule has 3 N–H and O–H groups in total. The first-order chi connectivity index (χ1) is 9.54. The van der Waals surface area contributed by atoms with Gasteiger partial charge in [-0.25, -0.2) is 0 Å². The number of hydrogen-bond acceptors (Lipinski definition) is 3. The molecule has 1 unspecified atom stereocenters. The molecule has 0 fully saturated rings. The van der Waals surface area contributed by atoms with E-state index in [-0.39, 0.29) is 0 Å². The summed E-state index contributed by atoms with van der Waals surface area (Å²) in [7, 11) is 0. The fourth-order valence-corrected chi connectivity index (χ4v) is 2.22. The second kappa shape index (κ2) is 5.99. The normalized spacial score (nSPS) is 12.7. The number of hydrogen-bond donors (Lipinski definition) is 2. The Labute approximate surface area is 120 Å². The van der Waals surface area contributed by atoms with E-state index in [0.29, 0.717) is 24.3 Å². The van der Waals surface area contributed by atoms with E-state index in [0.717, 1.165) is 22.6 Å². The van der Waals surface area contributed by atoms with Crippen LogP contribution >= 0.6 is 0 Å². The zero-order chi connectivity index (χ0) is 14.7. The summed E-state index contributed by atoms with van der Waals surface area (Å²) in [6.45, 7) is 9.23. The van der Waals surface area contributed by atoms with Crippen LogP contribution in [0.5, 0.6) is 5.75 Å². The van der Waals surface area contributed by atoms with Crippen molar-refractivity contribution in [3.63, 3.8) is 0 Å². The van der Waals surface area contributed by atoms with Gasteiger partial charge in [0.05, 0.1) is 6.61 Å². The number of benzene rings is 1. The molecule has 4 heteroatoms. The van der Waals surface area contributed by atoms with Crippen LogP contribution in [0.25, 0.3) is 11.1 Å². The number of H-pyrrole nitrogens is 1. The van der Waals surface area contributed by atoms with Gasteiger partial charge in [-0.15, -0.1) is 0 Å². The third-order valence-electron chi connectivity index (χ3n) is 3.73. The predicted molar refractivity (Wildman–Crippen MR) is 82.9 cm³/mol. The van der Waals surface area contributed by atoms with Crippen molar-refractivity contribution in [2.45, 2.75) is 33.6 Å². The van der Waals surface area contributed by atoms with Crippen LogP contribution in [0.4, 0.5) is 5.82 Å². The Morgan fingerprint density at radius 2 is 1.85 bits per heavy atom. The SMILES string of the molecule is CCOc1ccc(-c2c(N)n[nH]c2C(C)C(C)C)cc1. The van der Waals surface area contributed by atoms with Crippen LogP contribution < -0.4 is 10.5 Å². The Morgan fingerprint density at radius 1 is 1.20 bits per heavy atom. The topological polar surface area (TPSA) is 63.9 Å². The highest BCUT2D eigenvalue weighted by Crippen LogP contribution is 2.35. The average molecular weight is 273 g/mol. The standard InChI is InChI=1S/C16H23N3O/c1-5-20-13-8-6-12(7-9-13)14-15(11(4)10(2)3)18-19-16(14)17/h6-11H,5H2,1-4H3,(H3,17,18,19). The van der Waals surface area contributed by atoms with Gasteiger partial charge in [-0.3, -0.25) is 5.10 Å². The molecule has 4 nitrogen and oxygen atoms in total. The number of nitrogens with zero attached hydrogens (tertiary/aromatic N) is 1. The van der Waals surface area contributed by atoms with E-state index in [2.05, 4.69) is 31.0 Å². The molecule has 0 saturated carbocycles. The largest absolute Gasteiger partial charge is 0.494 e. The van der Waals surface area contributed by atoms with Crippen LogP contribution in [0, 0.1) is 5.92 Å². The summed E-state index contributed by atoms with van der Waals surface area (Å²) < 4.78 is 5.47. The molecule has 1 aromatic carbocycles. The Hall–Kier alpha value is -1.97. The van der Waals surface area contributed by atoms with Gasteiger partial charge in [-0.1, -0.05) is 32.9 Å². The van der Waals surface area contributed by atoms with Crippen molar-refractivity contribution in [2.24, 2.45) is 5.92 Å². The number of nitrogens with two attached hydrogens (primary N) is 1. The van der Waals surface area contributed by atoms with E-state index in [4.69, 9.17) is 10.5 Å². The Kier molecular flexibility index (Phi) is 4.32. The first kappa shape index (κ1) is 14.4. The second-order valence-corrected chi connectivity index (χ2v) is 5.39. The molecule has 0 amide bonds. The number of anilines is 1. The summed E-state index contributed by atoms with van der Waals surface area (Å²) in [4.78, 5) is 0. The maximum absolute atomic E-state index is 6.03.